The molecule has 0 saturated heterocycles. The molecular formula is C8H19N3. The zero-order chi connectivity index (χ0) is 8.53. The van der Waals surface area contributed by atoms with Crippen LogP contribution >= 0.6 is 0 Å². The Labute approximate surface area is 69.3 Å². The van der Waals surface area contributed by atoms with Crippen molar-refractivity contribution in [2.24, 2.45) is 0 Å². The molecule has 3 nitrogen and oxygen atoms in total. The third-order valence-electron chi connectivity index (χ3n) is 1.51. The largest absolute Gasteiger partial charge is 0.392 e. The molecule has 0 unspecified atom stereocenters. The maximum Gasteiger partial charge on any atom is 0.00767 e. The molecule has 0 aromatic rings. The molecule has 0 saturated carbocycles. The standard InChI is InChI=1S/C8H19N3/c1-8(10-3)4-5-11-7-6-9-2/h9-11H,1,4-7H2,2-3H3. The first-order valence-corrected chi connectivity index (χ1v) is 4.02. The van der Waals surface area contributed by atoms with Crippen molar-refractivity contribution >= 4 is 0 Å². The van der Waals surface area contributed by atoms with Crippen molar-refractivity contribution < 1.29 is 0 Å². The third-order valence-corrected chi connectivity index (χ3v) is 1.51. The van der Waals surface area contributed by atoms with E-state index in [0.29, 0.717) is 0 Å². The Morgan fingerprint density at radius 1 is 1.18 bits per heavy atom. The molecule has 0 spiro atoms. The van der Waals surface area contributed by atoms with Crippen molar-refractivity contribution in [2.75, 3.05) is 33.7 Å². The Balaban J connectivity index is 2.95. The molecule has 0 radical (unpaired) electrons. The highest BCUT2D eigenvalue weighted by Crippen LogP contribution is 1.87. The smallest absolute Gasteiger partial charge is 0.00767 e. The zero-order valence-corrected chi connectivity index (χ0v) is 7.54. The highest BCUT2D eigenvalue weighted by atomic mass is 14.9. The molecule has 0 aliphatic carbocycles. The summed E-state index contributed by atoms with van der Waals surface area (Å²) in [4.78, 5) is 0. The fourth-order valence-corrected chi connectivity index (χ4v) is 0.703. The number of hydrogen-bond donors (Lipinski definition) is 3. The number of hydrogen-bond acceptors (Lipinski definition) is 3. The van der Waals surface area contributed by atoms with Crippen LogP contribution in [0.2, 0.25) is 0 Å². The van der Waals surface area contributed by atoms with Gasteiger partial charge in [0.05, 0.1) is 0 Å². The minimum Gasteiger partial charge on any atom is -0.392 e. The normalized spacial score (nSPS) is 9.64. The minimum atomic E-state index is 1.00. The van der Waals surface area contributed by atoms with Crippen LogP contribution in [0.4, 0.5) is 0 Å². The molecule has 0 amide bonds. The van der Waals surface area contributed by atoms with Gasteiger partial charge in [-0.25, -0.2) is 0 Å². The van der Waals surface area contributed by atoms with E-state index >= 15 is 0 Å². The summed E-state index contributed by atoms with van der Waals surface area (Å²) in [5.41, 5.74) is 1.09. The summed E-state index contributed by atoms with van der Waals surface area (Å²) in [7, 11) is 3.85. The first-order chi connectivity index (χ1) is 5.31. The summed E-state index contributed by atoms with van der Waals surface area (Å²) in [6, 6.07) is 0. The van der Waals surface area contributed by atoms with E-state index in [1.165, 1.54) is 0 Å². The molecule has 0 heterocycles. The highest BCUT2D eigenvalue weighted by molar-refractivity contribution is 4.89. The van der Waals surface area contributed by atoms with E-state index in [0.717, 1.165) is 31.8 Å². The third kappa shape index (κ3) is 7.36. The second kappa shape index (κ2) is 7.57. The summed E-state index contributed by atoms with van der Waals surface area (Å²) in [5, 5.41) is 9.36. The Hall–Kier alpha value is -0.540. The van der Waals surface area contributed by atoms with Crippen LogP contribution in [0, 0.1) is 0 Å². The minimum absolute atomic E-state index is 1.00. The van der Waals surface area contributed by atoms with Gasteiger partial charge in [-0.15, -0.1) is 0 Å². The first kappa shape index (κ1) is 10.5. The molecule has 0 rings (SSSR count). The van der Waals surface area contributed by atoms with Gasteiger partial charge >= 0.3 is 0 Å². The number of nitrogens with one attached hydrogen (secondary N) is 3. The second-order valence-corrected chi connectivity index (χ2v) is 2.46. The average molecular weight is 157 g/mol. The van der Waals surface area contributed by atoms with Crippen LogP contribution in [0.5, 0.6) is 0 Å². The molecule has 3 heteroatoms. The van der Waals surface area contributed by atoms with Gasteiger partial charge in [0, 0.05) is 32.4 Å². The molecule has 0 aliphatic rings. The molecule has 3 N–H and O–H groups in total. The van der Waals surface area contributed by atoms with Gasteiger partial charge in [-0.05, 0) is 13.5 Å². The van der Waals surface area contributed by atoms with Gasteiger partial charge < -0.3 is 16.0 Å². The van der Waals surface area contributed by atoms with Gasteiger partial charge in [-0.1, -0.05) is 6.58 Å². The molecule has 0 aromatic heterocycles. The molecule has 0 atom stereocenters. The van der Waals surface area contributed by atoms with Crippen LogP contribution in [0.3, 0.4) is 0 Å². The van der Waals surface area contributed by atoms with Crippen LogP contribution in [0.1, 0.15) is 6.42 Å². The van der Waals surface area contributed by atoms with Gasteiger partial charge in [0.25, 0.3) is 0 Å². The lowest BCUT2D eigenvalue weighted by atomic mass is 10.3. The van der Waals surface area contributed by atoms with E-state index < -0.39 is 0 Å². The Morgan fingerprint density at radius 2 is 1.91 bits per heavy atom. The maximum atomic E-state index is 3.82. The Bertz CT molecular complexity index is 102. The van der Waals surface area contributed by atoms with Crippen molar-refractivity contribution in [3.63, 3.8) is 0 Å². The quantitative estimate of drug-likeness (QED) is 0.452. The molecule has 11 heavy (non-hydrogen) atoms. The Morgan fingerprint density at radius 3 is 2.45 bits per heavy atom. The summed E-state index contributed by atoms with van der Waals surface area (Å²) in [5.74, 6) is 0. The monoisotopic (exact) mass is 157 g/mol. The van der Waals surface area contributed by atoms with E-state index in [1.54, 1.807) is 0 Å². The summed E-state index contributed by atoms with van der Waals surface area (Å²) in [6.45, 7) is 6.87. The van der Waals surface area contributed by atoms with Gasteiger partial charge in [0.15, 0.2) is 0 Å². The van der Waals surface area contributed by atoms with Crippen molar-refractivity contribution in [1.82, 2.24) is 16.0 Å². The van der Waals surface area contributed by atoms with Gasteiger partial charge in [-0.2, -0.15) is 0 Å². The topological polar surface area (TPSA) is 36.1 Å². The van der Waals surface area contributed by atoms with Crippen LogP contribution in [-0.4, -0.2) is 33.7 Å². The lowest BCUT2D eigenvalue weighted by Gasteiger charge is -2.05. The fraction of sp³-hybridized carbons (Fsp3) is 0.750. The van der Waals surface area contributed by atoms with Crippen LogP contribution in [-0.2, 0) is 0 Å². The maximum absolute atomic E-state index is 3.82. The average Bonchev–Trinajstić information content (AvgIpc) is 2.04. The molecule has 0 aromatic carbocycles. The number of likely N-dealkylation sites (N-methyl/N-ethyl adjacent to an activating group) is 1. The molecular weight excluding hydrogens is 138 g/mol. The van der Waals surface area contributed by atoms with Gasteiger partial charge in [0.2, 0.25) is 0 Å². The van der Waals surface area contributed by atoms with Crippen molar-refractivity contribution in [1.29, 1.82) is 0 Å². The van der Waals surface area contributed by atoms with Crippen molar-refractivity contribution in [3.8, 4) is 0 Å². The highest BCUT2D eigenvalue weighted by Gasteiger charge is 1.88. The number of rotatable bonds is 7. The second-order valence-electron chi connectivity index (χ2n) is 2.46. The lowest BCUT2D eigenvalue weighted by molar-refractivity contribution is 0.639. The van der Waals surface area contributed by atoms with Crippen LogP contribution < -0.4 is 16.0 Å². The summed E-state index contributed by atoms with van der Waals surface area (Å²) >= 11 is 0. The van der Waals surface area contributed by atoms with Crippen molar-refractivity contribution in [2.45, 2.75) is 6.42 Å². The zero-order valence-electron chi connectivity index (χ0n) is 7.54. The van der Waals surface area contributed by atoms with E-state index in [9.17, 15) is 0 Å². The molecule has 0 fully saturated rings. The molecule has 0 bridgehead atoms. The first-order valence-electron chi connectivity index (χ1n) is 4.02. The fourth-order valence-electron chi connectivity index (χ4n) is 0.703. The molecule has 66 valence electrons. The van der Waals surface area contributed by atoms with E-state index in [2.05, 4.69) is 22.5 Å². The van der Waals surface area contributed by atoms with Crippen LogP contribution in [0.25, 0.3) is 0 Å². The summed E-state index contributed by atoms with van der Waals surface area (Å²) in [6.07, 6.45) is 1.00. The summed E-state index contributed by atoms with van der Waals surface area (Å²) < 4.78 is 0. The Kier molecular flexibility index (Phi) is 7.19. The lowest BCUT2D eigenvalue weighted by Crippen LogP contribution is -2.26. The van der Waals surface area contributed by atoms with Crippen molar-refractivity contribution in [3.05, 3.63) is 12.3 Å². The van der Waals surface area contributed by atoms with Gasteiger partial charge in [-0.3, -0.25) is 0 Å². The van der Waals surface area contributed by atoms with E-state index in [4.69, 9.17) is 0 Å². The SMILES string of the molecule is C=C(CCNCCNC)NC. The van der Waals surface area contributed by atoms with Crippen LogP contribution in [0.15, 0.2) is 12.3 Å². The predicted molar refractivity (Wildman–Crippen MR) is 49.6 cm³/mol. The van der Waals surface area contributed by atoms with Gasteiger partial charge in [0.1, 0.15) is 0 Å². The molecule has 0 aliphatic heterocycles. The predicted octanol–water partition coefficient (Wildman–Crippen LogP) is -0.0814. The van der Waals surface area contributed by atoms with E-state index in [1.807, 2.05) is 14.1 Å². The van der Waals surface area contributed by atoms with E-state index in [-0.39, 0.29) is 0 Å².